The molecule has 0 rings (SSSR count). The lowest BCUT2D eigenvalue weighted by molar-refractivity contribution is 0.00638. The van der Waals surface area contributed by atoms with Crippen LogP contribution in [0.3, 0.4) is 0 Å². The second-order valence-corrected chi connectivity index (χ2v) is 30.9. The summed E-state index contributed by atoms with van der Waals surface area (Å²) >= 11 is 0. The fourth-order valence-electron chi connectivity index (χ4n) is 4.15. The van der Waals surface area contributed by atoms with Gasteiger partial charge in [-0.2, -0.15) is 0 Å². The minimum atomic E-state index is -2.42. The normalized spacial score (nSPS) is 15.3. The number of unbranched alkanes of at least 4 members (excludes halogenated alkanes) is 1. The summed E-state index contributed by atoms with van der Waals surface area (Å²) in [5.41, 5.74) is 0. The Balaban J connectivity index is 4.76. The third-order valence-corrected chi connectivity index (χ3v) is 24.1. The van der Waals surface area contributed by atoms with Gasteiger partial charge in [0.25, 0.3) is 0 Å². The molecule has 2 N–H and O–H groups in total. The summed E-state index contributed by atoms with van der Waals surface area (Å²) in [6, 6.07) is 2.11. The van der Waals surface area contributed by atoms with Crippen LogP contribution in [0.5, 0.6) is 0 Å². The van der Waals surface area contributed by atoms with Crippen molar-refractivity contribution in [3.63, 3.8) is 0 Å². The predicted molar refractivity (Wildman–Crippen MR) is 145 cm³/mol. The summed E-state index contributed by atoms with van der Waals surface area (Å²) in [4.78, 5) is 0. The topological polar surface area (TPSA) is 86.6 Å². The van der Waals surface area contributed by atoms with Crippen LogP contribution in [0.15, 0.2) is 0 Å². The van der Waals surface area contributed by atoms with E-state index in [0.717, 1.165) is 18.5 Å². The molecule has 0 aliphatic heterocycles. The van der Waals surface area contributed by atoms with Crippen LogP contribution >= 0.6 is 0 Å². The Morgan fingerprint density at radius 3 is 1.47 bits per heavy atom. The van der Waals surface area contributed by atoms with Crippen LogP contribution in [0.25, 0.3) is 0 Å². The summed E-state index contributed by atoms with van der Waals surface area (Å²) in [6.07, 6.45) is 2.46. The van der Waals surface area contributed by atoms with Crippen molar-refractivity contribution in [1.29, 1.82) is 0 Å². The van der Waals surface area contributed by atoms with Crippen LogP contribution in [0.2, 0.25) is 77.6 Å². The maximum atomic E-state index is 9.35. The van der Waals surface area contributed by atoms with Gasteiger partial charge in [0.2, 0.25) is 0 Å². The first-order valence-electron chi connectivity index (χ1n) is 12.0. The Hall–Kier alpha value is 0.804. The Kier molecular flexibility index (Phi) is 14.1. The third-order valence-electron chi connectivity index (χ3n) is 4.75. The van der Waals surface area contributed by atoms with Gasteiger partial charge in [-0.15, -0.1) is 0 Å². The molecule has 0 amide bonds. The number of aliphatic hydroxyl groups is 2. The molecule has 7 nitrogen and oxygen atoms in total. The highest BCUT2D eigenvalue weighted by Gasteiger charge is 2.45. The smallest absolute Gasteiger partial charge is 0.314 e. The monoisotopic (exact) mass is 544 g/mol. The molecule has 1 atom stereocenters. The Morgan fingerprint density at radius 1 is 0.656 bits per heavy atom. The Labute approximate surface area is 203 Å². The summed E-state index contributed by atoms with van der Waals surface area (Å²) in [7, 11) is -10.8. The lowest BCUT2D eigenvalue weighted by Crippen LogP contribution is -2.58. The van der Waals surface area contributed by atoms with E-state index < -0.39 is 48.4 Å². The Morgan fingerprint density at radius 2 is 1.06 bits per heavy atom. The van der Waals surface area contributed by atoms with Gasteiger partial charge in [0.05, 0.1) is 13.2 Å². The van der Waals surface area contributed by atoms with Crippen molar-refractivity contribution in [1.82, 2.24) is 0 Å². The van der Waals surface area contributed by atoms with E-state index in [2.05, 4.69) is 72.4 Å². The zero-order chi connectivity index (χ0) is 25.3. The molecule has 0 aromatic carbocycles. The molecule has 0 radical (unpaired) electrons. The standard InChI is InChI=1S/C20H52O7Si5/c1-12-13-16-28(2,3)24-30(6,7)26-32(10,11)27-31(8,9)25-29(4,5)17-14-15-23-19-20(22)18-21/h20-22H,12-19H2,1-11H3. The largest absolute Gasteiger partial charge is 0.436 e. The minimum Gasteiger partial charge on any atom is -0.436 e. The summed E-state index contributed by atoms with van der Waals surface area (Å²) in [5, 5.41) is 18.2. The highest BCUT2D eigenvalue weighted by molar-refractivity contribution is 6.90. The molecule has 0 aromatic heterocycles. The van der Waals surface area contributed by atoms with Crippen LogP contribution < -0.4 is 0 Å². The van der Waals surface area contributed by atoms with Crippen LogP contribution in [-0.2, 0) is 21.2 Å². The van der Waals surface area contributed by atoms with Gasteiger partial charge in [0, 0.05) is 6.61 Å². The average molecular weight is 545 g/mol. The molecule has 0 fully saturated rings. The molecule has 0 saturated carbocycles. The van der Waals surface area contributed by atoms with Gasteiger partial charge in [0.15, 0.2) is 16.6 Å². The number of ether oxygens (including phenoxy) is 1. The van der Waals surface area contributed by atoms with E-state index in [4.69, 9.17) is 26.3 Å². The predicted octanol–water partition coefficient (Wildman–Crippen LogP) is 5.13. The van der Waals surface area contributed by atoms with Gasteiger partial charge in [-0.1, -0.05) is 19.8 Å². The molecule has 0 aliphatic rings. The molecular formula is C20H52O7Si5. The Bertz CT molecular complexity index is 530. The number of hydrogen-bond donors (Lipinski definition) is 2. The molecule has 194 valence electrons. The summed E-state index contributed by atoms with van der Waals surface area (Å²) < 4.78 is 31.9. The molecule has 0 spiro atoms. The van der Waals surface area contributed by atoms with E-state index in [0.29, 0.717) is 6.61 Å². The van der Waals surface area contributed by atoms with Gasteiger partial charge < -0.3 is 31.4 Å². The van der Waals surface area contributed by atoms with Gasteiger partial charge in [-0.3, -0.25) is 0 Å². The van der Waals surface area contributed by atoms with Gasteiger partial charge in [-0.25, -0.2) is 0 Å². The first-order valence-corrected chi connectivity index (χ1v) is 26.7. The first-order chi connectivity index (χ1) is 14.3. The molecule has 32 heavy (non-hydrogen) atoms. The first kappa shape index (κ1) is 32.8. The maximum Gasteiger partial charge on any atom is 0.314 e. The van der Waals surface area contributed by atoms with E-state index in [1.54, 1.807) is 0 Å². The van der Waals surface area contributed by atoms with Crippen LogP contribution in [0.4, 0.5) is 0 Å². The third kappa shape index (κ3) is 16.4. The molecule has 0 saturated heterocycles. The summed E-state index contributed by atoms with van der Waals surface area (Å²) in [6.45, 7) is 24.4. The molecule has 12 heteroatoms. The van der Waals surface area contributed by atoms with Crippen molar-refractivity contribution in [2.75, 3.05) is 19.8 Å². The quantitative estimate of drug-likeness (QED) is 0.183. The lowest BCUT2D eigenvalue weighted by Gasteiger charge is -2.42. The van der Waals surface area contributed by atoms with Crippen LogP contribution in [0, 0.1) is 0 Å². The molecule has 0 aliphatic carbocycles. The van der Waals surface area contributed by atoms with E-state index in [1.807, 2.05) is 0 Å². The number of rotatable bonds is 18. The van der Waals surface area contributed by atoms with Gasteiger partial charge in [0.1, 0.15) is 6.10 Å². The van der Waals surface area contributed by atoms with Gasteiger partial charge >= 0.3 is 25.7 Å². The second-order valence-electron chi connectivity index (χ2n) is 11.2. The minimum absolute atomic E-state index is 0.166. The lowest BCUT2D eigenvalue weighted by atomic mass is 10.4. The zero-order valence-electron chi connectivity index (χ0n) is 22.7. The van der Waals surface area contributed by atoms with E-state index in [-0.39, 0.29) is 13.2 Å². The number of aliphatic hydroxyl groups excluding tert-OH is 2. The van der Waals surface area contributed by atoms with Crippen LogP contribution in [-0.4, -0.2) is 78.5 Å². The molecule has 0 heterocycles. The van der Waals surface area contributed by atoms with Crippen molar-refractivity contribution in [2.24, 2.45) is 0 Å². The fourth-order valence-corrected chi connectivity index (χ4v) is 28.9. The highest BCUT2D eigenvalue weighted by atomic mass is 28.5. The van der Waals surface area contributed by atoms with Gasteiger partial charge in [-0.05, 0) is 84.0 Å². The van der Waals surface area contributed by atoms with E-state index >= 15 is 0 Å². The van der Waals surface area contributed by atoms with Crippen molar-refractivity contribution < 1.29 is 31.4 Å². The average Bonchev–Trinajstić information content (AvgIpc) is 2.54. The molecule has 0 bridgehead atoms. The highest BCUT2D eigenvalue weighted by Crippen LogP contribution is 2.28. The molecule has 1 unspecified atom stereocenters. The summed E-state index contributed by atoms with van der Waals surface area (Å²) in [5.74, 6) is 0. The zero-order valence-corrected chi connectivity index (χ0v) is 27.7. The van der Waals surface area contributed by atoms with Crippen molar-refractivity contribution in [3.05, 3.63) is 0 Å². The second kappa shape index (κ2) is 13.8. The maximum absolute atomic E-state index is 9.35. The van der Waals surface area contributed by atoms with Crippen molar-refractivity contribution in [2.45, 2.75) is 110 Å². The van der Waals surface area contributed by atoms with E-state index in [1.165, 1.54) is 12.8 Å². The molecular weight excluding hydrogens is 493 g/mol. The molecule has 0 aromatic rings. The van der Waals surface area contributed by atoms with Crippen molar-refractivity contribution >= 4 is 42.3 Å². The van der Waals surface area contributed by atoms with Crippen LogP contribution in [0.1, 0.15) is 26.2 Å². The van der Waals surface area contributed by atoms with Crippen molar-refractivity contribution in [3.8, 4) is 0 Å². The fraction of sp³-hybridized carbons (Fsp3) is 1.00. The number of hydrogen-bond acceptors (Lipinski definition) is 7. The SMILES string of the molecule is CCCC[Si](C)(C)O[Si](C)(C)O[Si](C)(C)O[Si](C)(C)O[Si](C)(C)CCCOCC(O)CO. The van der Waals surface area contributed by atoms with E-state index in [9.17, 15) is 5.11 Å².